The lowest BCUT2D eigenvalue weighted by Crippen LogP contribution is -2.49. The lowest BCUT2D eigenvalue weighted by molar-refractivity contribution is -0.134. The number of carbonyl (C=O) groups is 1. The molecule has 0 aliphatic carbocycles. The number of rotatable bonds is 5. The number of carbonyl (C=O) groups excluding carboxylic acids is 1. The Hall–Kier alpha value is -1.11. The van der Waals surface area contributed by atoms with Crippen molar-refractivity contribution in [1.29, 1.82) is 0 Å². The van der Waals surface area contributed by atoms with E-state index in [1.54, 1.807) is 4.90 Å². The molecule has 0 bridgehead atoms. The van der Waals surface area contributed by atoms with E-state index >= 15 is 0 Å². The van der Waals surface area contributed by atoms with Crippen LogP contribution in [0.4, 0.5) is 0 Å². The van der Waals surface area contributed by atoms with Gasteiger partial charge in [-0.2, -0.15) is 0 Å². The summed E-state index contributed by atoms with van der Waals surface area (Å²) < 4.78 is 22.4. The van der Waals surface area contributed by atoms with Crippen molar-refractivity contribution in [2.45, 2.75) is 31.7 Å². The average molecular weight is 375 g/mol. The van der Waals surface area contributed by atoms with Crippen LogP contribution in [0.1, 0.15) is 31.2 Å². The summed E-state index contributed by atoms with van der Waals surface area (Å²) in [5, 5.41) is 0. The van der Waals surface area contributed by atoms with Gasteiger partial charge in [-0.15, -0.1) is 12.4 Å². The molecule has 2 N–H and O–H groups in total. The normalized spacial score (nSPS) is 22.5. The summed E-state index contributed by atoms with van der Waals surface area (Å²) in [5.74, 6) is 0.632. The van der Waals surface area contributed by atoms with Crippen LogP contribution < -0.4 is 5.73 Å². The minimum Gasteiger partial charge on any atom is -0.341 e. The fourth-order valence-electron chi connectivity index (χ4n) is 3.24. The number of sulfone groups is 1. The molecule has 0 saturated carbocycles. The minimum absolute atomic E-state index is 0. The lowest BCUT2D eigenvalue weighted by Gasteiger charge is -2.38. The first-order chi connectivity index (χ1) is 10.8. The van der Waals surface area contributed by atoms with E-state index in [1.165, 1.54) is 5.56 Å². The number of likely N-dealkylation sites (tertiary alicyclic amines) is 1. The molecule has 1 saturated heterocycles. The highest BCUT2D eigenvalue weighted by Gasteiger charge is 2.31. The number of halogens is 1. The molecule has 1 aromatic carbocycles. The van der Waals surface area contributed by atoms with Crippen LogP contribution >= 0.6 is 12.4 Å². The highest BCUT2D eigenvalue weighted by Crippen LogP contribution is 2.32. The quantitative estimate of drug-likeness (QED) is 0.852. The van der Waals surface area contributed by atoms with E-state index in [-0.39, 0.29) is 30.5 Å². The second-order valence-corrected chi connectivity index (χ2v) is 8.85. The zero-order chi connectivity index (χ0) is 17.0. The molecule has 3 atom stereocenters. The van der Waals surface area contributed by atoms with Crippen LogP contribution in [-0.4, -0.2) is 50.4 Å². The number of nitrogens with zero attached hydrogens (tertiary/aromatic N) is 1. The van der Waals surface area contributed by atoms with Crippen molar-refractivity contribution >= 4 is 28.2 Å². The molecule has 1 fully saturated rings. The number of nitrogens with two attached hydrogens (primary N) is 1. The molecule has 3 unspecified atom stereocenters. The molecule has 0 radical (unpaired) electrons. The standard InChI is InChI=1S/C17H26N2O3S.ClH/c1-13-12-19(17(20)16(18)9-11-23(2,21)22)10-8-15(13)14-6-4-3-5-7-14;/h3-7,13,15-16H,8-12,18H2,1-2H3;1H. The molecule has 24 heavy (non-hydrogen) atoms. The predicted molar refractivity (Wildman–Crippen MR) is 99.1 cm³/mol. The van der Waals surface area contributed by atoms with E-state index in [2.05, 4.69) is 19.1 Å². The van der Waals surface area contributed by atoms with Gasteiger partial charge in [0.15, 0.2) is 0 Å². The average Bonchev–Trinajstić information content (AvgIpc) is 2.52. The highest BCUT2D eigenvalue weighted by molar-refractivity contribution is 7.90. The zero-order valence-corrected chi connectivity index (χ0v) is 15.9. The van der Waals surface area contributed by atoms with Crippen molar-refractivity contribution in [2.24, 2.45) is 11.7 Å². The van der Waals surface area contributed by atoms with Gasteiger partial charge in [-0.25, -0.2) is 8.42 Å². The highest BCUT2D eigenvalue weighted by atomic mass is 35.5. The maximum absolute atomic E-state index is 12.4. The van der Waals surface area contributed by atoms with Gasteiger partial charge in [-0.1, -0.05) is 37.3 Å². The molecule has 0 spiro atoms. The monoisotopic (exact) mass is 374 g/mol. The number of hydrogen-bond acceptors (Lipinski definition) is 4. The molecule has 0 aromatic heterocycles. The molecular weight excluding hydrogens is 348 g/mol. The van der Waals surface area contributed by atoms with Crippen LogP contribution in [0.15, 0.2) is 30.3 Å². The minimum atomic E-state index is -3.09. The molecule has 136 valence electrons. The van der Waals surface area contributed by atoms with Gasteiger partial charge in [0.25, 0.3) is 0 Å². The van der Waals surface area contributed by atoms with Gasteiger partial charge in [-0.05, 0) is 30.2 Å². The van der Waals surface area contributed by atoms with Crippen LogP contribution in [0.25, 0.3) is 0 Å². The summed E-state index contributed by atoms with van der Waals surface area (Å²) in [6.45, 7) is 3.50. The SMILES string of the molecule is CC1CN(C(=O)C(N)CCS(C)(=O)=O)CCC1c1ccccc1.Cl. The topological polar surface area (TPSA) is 80.5 Å². The third-order valence-electron chi connectivity index (χ3n) is 4.56. The molecule has 5 nitrogen and oxygen atoms in total. The van der Waals surface area contributed by atoms with E-state index in [0.717, 1.165) is 12.7 Å². The fourth-order valence-corrected chi connectivity index (χ4v) is 3.92. The summed E-state index contributed by atoms with van der Waals surface area (Å²) in [6, 6.07) is 9.63. The van der Waals surface area contributed by atoms with Crippen molar-refractivity contribution in [3.05, 3.63) is 35.9 Å². The van der Waals surface area contributed by atoms with E-state index in [1.807, 2.05) is 18.2 Å². The lowest BCUT2D eigenvalue weighted by atomic mass is 9.81. The maximum Gasteiger partial charge on any atom is 0.239 e. The number of hydrogen-bond donors (Lipinski definition) is 1. The van der Waals surface area contributed by atoms with Crippen molar-refractivity contribution in [3.8, 4) is 0 Å². The largest absolute Gasteiger partial charge is 0.341 e. The van der Waals surface area contributed by atoms with Crippen molar-refractivity contribution in [1.82, 2.24) is 4.90 Å². The Kier molecular flexibility index (Phi) is 7.70. The summed E-state index contributed by atoms with van der Waals surface area (Å²) in [6.07, 6.45) is 2.26. The Balaban J connectivity index is 0.00000288. The Morgan fingerprint density at radius 2 is 1.96 bits per heavy atom. The third-order valence-corrected chi connectivity index (χ3v) is 5.54. The van der Waals surface area contributed by atoms with Gasteiger partial charge in [0.2, 0.25) is 5.91 Å². The fraction of sp³-hybridized carbons (Fsp3) is 0.588. The van der Waals surface area contributed by atoms with Crippen LogP contribution in [0.3, 0.4) is 0 Å². The van der Waals surface area contributed by atoms with E-state index < -0.39 is 15.9 Å². The van der Waals surface area contributed by atoms with Gasteiger partial charge in [0.05, 0.1) is 11.8 Å². The summed E-state index contributed by atoms with van der Waals surface area (Å²) in [4.78, 5) is 14.2. The molecule has 1 heterocycles. The van der Waals surface area contributed by atoms with E-state index in [4.69, 9.17) is 5.73 Å². The van der Waals surface area contributed by atoms with Crippen LogP contribution in [0, 0.1) is 5.92 Å². The van der Waals surface area contributed by atoms with E-state index in [9.17, 15) is 13.2 Å². The first-order valence-electron chi connectivity index (χ1n) is 8.05. The van der Waals surface area contributed by atoms with Crippen molar-refractivity contribution in [2.75, 3.05) is 25.1 Å². The van der Waals surface area contributed by atoms with Crippen LogP contribution in [0.5, 0.6) is 0 Å². The van der Waals surface area contributed by atoms with E-state index in [0.29, 0.717) is 24.9 Å². The third kappa shape index (κ3) is 5.76. The number of benzene rings is 1. The summed E-state index contributed by atoms with van der Waals surface area (Å²) in [5.41, 5.74) is 7.20. The van der Waals surface area contributed by atoms with Crippen molar-refractivity contribution < 1.29 is 13.2 Å². The Morgan fingerprint density at radius 1 is 1.33 bits per heavy atom. The predicted octanol–water partition coefficient (Wildman–Crippen LogP) is 1.82. The summed E-state index contributed by atoms with van der Waals surface area (Å²) >= 11 is 0. The first-order valence-corrected chi connectivity index (χ1v) is 10.1. The second kappa shape index (κ2) is 8.83. The Morgan fingerprint density at radius 3 is 2.50 bits per heavy atom. The number of piperidine rings is 1. The number of amides is 1. The molecule has 2 rings (SSSR count). The smallest absolute Gasteiger partial charge is 0.239 e. The maximum atomic E-state index is 12.4. The molecule has 1 aliphatic rings. The molecule has 1 aliphatic heterocycles. The molecule has 1 amide bonds. The Bertz CT molecular complexity index is 636. The molecule has 7 heteroatoms. The zero-order valence-electron chi connectivity index (χ0n) is 14.2. The van der Waals surface area contributed by atoms with Crippen LogP contribution in [-0.2, 0) is 14.6 Å². The second-order valence-electron chi connectivity index (χ2n) is 6.59. The van der Waals surface area contributed by atoms with Crippen LogP contribution in [0.2, 0.25) is 0 Å². The molecular formula is C17H27ClN2O3S. The van der Waals surface area contributed by atoms with Gasteiger partial charge < -0.3 is 10.6 Å². The van der Waals surface area contributed by atoms with Gasteiger partial charge in [0, 0.05) is 19.3 Å². The van der Waals surface area contributed by atoms with Gasteiger partial charge >= 0.3 is 0 Å². The first kappa shape index (κ1) is 20.9. The van der Waals surface area contributed by atoms with Crippen molar-refractivity contribution in [3.63, 3.8) is 0 Å². The Labute approximate surface area is 150 Å². The van der Waals surface area contributed by atoms with Gasteiger partial charge in [0.1, 0.15) is 9.84 Å². The van der Waals surface area contributed by atoms with Gasteiger partial charge in [-0.3, -0.25) is 4.79 Å². The summed E-state index contributed by atoms with van der Waals surface area (Å²) in [7, 11) is -3.09. The molecule has 1 aromatic rings.